The van der Waals surface area contributed by atoms with E-state index in [4.69, 9.17) is 0 Å². The van der Waals surface area contributed by atoms with Gasteiger partial charge in [-0.2, -0.15) is 0 Å². The normalized spacial score (nSPS) is 17.8. The molecule has 4 rings (SSSR count). The molecule has 14 nitrogen and oxygen atoms in total. The fourth-order valence-corrected chi connectivity index (χ4v) is 9.95. The summed E-state index contributed by atoms with van der Waals surface area (Å²) in [6.45, 7) is 18.8. The minimum atomic E-state index is -0.681. The number of unbranched alkanes of at least 4 members (excludes halogenated alkanes) is 7. The molecule has 72 heavy (non-hydrogen) atoms. The van der Waals surface area contributed by atoms with E-state index in [-0.39, 0.29) is 47.5 Å². The quantitative estimate of drug-likeness (QED) is 0.0618. The van der Waals surface area contributed by atoms with Crippen LogP contribution in [0, 0.1) is 10.8 Å². The first-order chi connectivity index (χ1) is 34.2. The first kappa shape index (κ1) is 59.7. The first-order valence-electron chi connectivity index (χ1n) is 27.4. The summed E-state index contributed by atoms with van der Waals surface area (Å²) in [5, 5.41) is 12.0. The van der Waals surface area contributed by atoms with Crippen molar-refractivity contribution in [3.05, 3.63) is 71.8 Å². The smallest absolute Gasteiger partial charge is 0.246 e. The molecule has 0 saturated carbocycles. The number of nitrogens with one attached hydrogen (secondary N) is 4. The third-order valence-corrected chi connectivity index (χ3v) is 14.9. The average Bonchev–Trinajstić information content (AvgIpc) is 4.04. The van der Waals surface area contributed by atoms with E-state index >= 15 is 0 Å². The summed E-state index contributed by atoms with van der Waals surface area (Å²) in [7, 11) is 3.46. The van der Waals surface area contributed by atoms with Crippen molar-refractivity contribution in [2.45, 2.75) is 194 Å². The molecule has 2 aromatic carbocycles. The van der Waals surface area contributed by atoms with Gasteiger partial charge >= 0.3 is 0 Å². The monoisotopic (exact) mass is 999 g/mol. The maximum absolute atomic E-state index is 14.2. The van der Waals surface area contributed by atoms with E-state index in [9.17, 15) is 28.8 Å². The zero-order valence-electron chi connectivity index (χ0n) is 46.0. The molecule has 6 amide bonds. The predicted octanol–water partition coefficient (Wildman–Crippen LogP) is 7.29. The number of carbonyl (C=O) groups excluding carboxylic acids is 6. The lowest BCUT2D eigenvalue weighted by Crippen LogP contribution is -2.59. The molecule has 0 spiro atoms. The maximum Gasteiger partial charge on any atom is 0.246 e. The van der Waals surface area contributed by atoms with E-state index in [0.29, 0.717) is 52.1 Å². The molecule has 0 unspecified atom stereocenters. The lowest BCUT2D eigenvalue weighted by Gasteiger charge is -2.37. The second-order valence-electron chi connectivity index (χ2n) is 22.8. The Morgan fingerprint density at radius 2 is 0.875 bits per heavy atom. The average molecular weight is 999 g/mol. The van der Waals surface area contributed by atoms with Crippen molar-refractivity contribution >= 4 is 35.4 Å². The van der Waals surface area contributed by atoms with Crippen LogP contribution in [0.25, 0.3) is 0 Å². The van der Waals surface area contributed by atoms with Crippen molar-refractivity contribution in [1.82, 2.24) is 40.9 Å². The van der Waals surface area contributed by atoms with Gasteiger partial charge in [-0.15, -0.1) is 0 Å². The third kappa shape index (κ3) is 19.2. The van der Waals surface area contributed by atoms with Crippen LogP contribution in [0.4, 0.5) is 0 Å². The Morgan fingerprint density at radius 1 is 0.542 bits per heavy atom. The highest BCUT2D eigenvalue weighted by atomic mass is 16.2. The Balaban J connectivity index is 1.25. The molecule has 0 bridgehead atoms. The molecule has 0 radical (unpaired) electrons. The SMILES string of the molecule is CN[C@@H](C)C(=O)N[C@H](C(=O)N1CCC[C@H]1CN(CCc1ccccc1)C(=O)CCCCCCCCCCC(=O)N(CCc1ccccc1)C[C@@H]1CCCN1C(=O)[C@@H](NC(=O)[C@H](C)NC)C(C)(C)C)C(C)(C)C. The number of carbonyl (C=O) groups is 6. The predicted molar refractivity (Wildman–Crippen MR) is 289 cm³/mol. The molecule has 4 N–H and O–H groups in total. The Kier molecular flexibility index (Phi) is 24.7. The highest BCUT2D eigenvalue weighted by molar-refractivity contribution is 5.91. The van der Waals surface area contributed by atoms with Crippen LogP contribution < -0.4 is 21.3 Å². The fourth-order valence-electron chi connectivity index (χ4n) is 9.95. The molecule has 2 aliphatic heterocycles. The molecule has 0 aliphatic carbocycles. The molecule has 0 aromatic heterocycles. The molecule has 14 heteroatoms. The molecule has 402 valence electrons. The standard InChI is InChI=1S/C58H94N8O6/c1-43(59-9)53(69)61-51(57(3,4)5)55(71)65-37-25-31-47(65)41-63(39-35-45-27-19-17-20-28-45)49(67)33-23-15-13-11-12-14-16-24-34-50(68)64(40-36-46-29-21-18-22-30-46)42-48-32-26-38-66(48)56(72)52(58(6,7)8)62-54(70)44(2)60-10/h17-22,27-30,43-44,47-48,51-52,59-60H,11-16,23-26,31-42H2,1-10H3,(H,61,69)(H,62,70)/t43-,44-,47-,48-,51+,52+/m0/s1. The van der Waals surface area contributed by atoms with Crippen LogP contribution in [0.3, 0.4) is 0 Å². The largest absolute Gasteiger partial charge is 0.342 e. The minimum Gasteiger partial charge on any atom is -0.342 e. The van der Waals surface area contributed by atoms with E-state index in [0.717, 1.165) is 89.9 Å². The Bertz CT molecular complexity index is 1850. The molecule has 2 saturated heterocycles. The Morgan fingerprint density at radius 3 is 1.19 bits per heavy atom. The van der Waals surface area contributed by atoms with Crippen LogP contribution in [0.2, 0.25) is 0 Å². The van der Waals surface area contributed by atoms with E-state index in [1.54, 1.807) is 27.9 Å². The van der Waals surface area contributed by atoms with E-state index in [2.05, 4.69) is 45.5 Å². The van der Waals surface area contributed by atoms with Gasteiger partial charge in [0.1, 0.15) is 12.1 Å². The molecular formula is C58H94N8O6. The summed E-state index contributed by atoms with van der Waals surface area (Å²) in [5.41, 5.74) is 1.36. The van der Waals surface area contributed by atoms with Crippen molar-refractivity contribution in [1.29, 1.82) is 0 Å². The van der Waals surface area contributed by atoms with E-state index in [1.807, 2.05) is 97.5 Å². The van der Waals surface area contributed by atoms with E-state index < -0.39 is 35.0 Å². The Hall–Kier alpha value is -4.82. The van der Waals surface area contributed by atoms with Crippen LogP contribution in [-0.2, 0) is 41.6 Å². The van der Waals surface area contributed by atoms with Gasteiger partial charge in [0, 0.05) is 64.2 Å². The molecule has 6 atom stereocenters. The van der Waals surface area contributed by atoms with Gasteiger partial charge in [0.2, 0.25) is 35.4 Å². The van der Waals surface area contributed by atoms with Crippen LogP contribution >= 0.6 is 0 Å². The highest BCUT2D eigenvalue weighted by Gasteiger charge is 2.42. The fraction of sp³-hybridized carbons (Fsp3) is 0.690. The molecular weight excluding hydrogens is 905 g/mol. The maximum atomic E-state index is 14.2. The number of nitrogens with zero attached hydrogens (tertiary/aromatic N) is 4. The van der Waals surface area contributed by atoms with Crippen LogP contribution in [0.5, 0.6) is 0 Å². The number of likely N-dealkylation sites (N-methyl/N-ethyl adjacent to an activating group) is 2. The summed E-state index contributed by atoms with van der Waals surface area (Å²) in [6, 6.07) is 18.0. The summed E-state index contributed by atoms with van der Waals surface area (Å²) >= 11 is 0. The number of benzene rings is 2. The Labute approximate surface area is 433 Å². The van der Waals surface area contributed by atoms with E-state index in [1.165, 1.54) is 11.1 Å². The number of hydrogen-bond donors (Lipinski definition) is 4. The van der Waals surface area contributed by atoms with Crippen LogP contribution in [-0.4, -0.2) is 145 Å². The summed E-state index contributed by atoms with van der Waals surface area (Å²) in [5.74, 6) is -0.332. The summed E-state index contributed by atoms with van der Waals surface area (Å²) < 4.78 is 0. The van der Waals surface area contributed by atoms with Crippen molar-refractivity contribution < 1.29 is 28.8 Å². The van der Waals surface area contributed by atoms with Gasteiger partial charge in [-0.1, -0.05) is 141 Å². The number of likely N-dealkylation sites (tertiary alicyclic amines) is 2. The molecule has 2 aliphatic rings. The van der Waals surface area contributed by atoms with Gasteiger partial charge < -0.3 is 40.9 Å². The first-order valence-corrected chi connectivity index (χ1v) is 27.4. The van der Waals surface area contributed by atoms with Gasteiger partial charge in [-0.05, 0) is 101 Å². The van der Waals surface area contributed by atoms with Gasteiger partial charge in [-0.25, -0.2) is 0 Å². The van der Waals surface area contributed by atoms with Gasteiger partial charge in [0.25, 0.3) is 0 Å². The lowest BCUT2D eigenvalue weighted by molar-refractivity contribution is -0.142. The number of amides is 6. The molecule has 2 heterocycles. The zero-order valence-corrected chi connectivity index (χ0v) is 46.0. The van der Waals surface area contributed by atoms with Crippen molar-refractivity contribution in [3.63, 3.8) is 0 Å². The minimum absolute atomic E-state index is 0.0836. The third-order valence-electron chi connectivity index (χ3n) is 14.9. The van der Waals surface area contributed by atoms with Gasteiger partial charge in [0.15, 0.2) is 0 Å². The van der Waals surface area contributed by atoms with Crippen molar-refractivity contribution in [3.8, 4) is 0 Å². The number of hydrogen-bond acceptors (Lipinski definition) is 8. The number of rotatable bonds is 29. The van der Waals surface area contributed by atoms with Crippen molar-refractivity contribution in [2.75, 3.05) is 53.4 Å². The van der Waals surface area contributed by atoms with Gasteiger partial charge in [0.05, 0.1) is 12.1 Å². The zero-order chi connectivity index (χ0) is 52.8. The van der Waals surface area contributed by atoms with Gasteiger partial charge in [-0.3, -0.25) is 28.8 Å². The summed E-state index contributed by atoms with van der Waals surface area (Å²) in [6.07, 6.45) is 13.6. The highest BCUT2D eigenvalue weighted by Crippen LogP contribution is 2.29. The van der Waals surface area contributed by atoms with Crippen LogP contribution in [0.1, 0.15) is 156 Å². The molecule has 2 aromatic rings. The summed E-state index contributed by atoms with van der Waals surface area (Å²) in [4.78, 5) is 90.0. The van der Waals surface area contributed by atoms with Crippen LogP contribution in [0.15, 0.2) is 60.7 Å². The lowest BCUT2D eigenvalue weighted by atomic mass is 9.85. The topological polar surface area (TPSA) is 163 Å². The second-order valence-corrected chi connectivity index (χ2v) is 22.8. The second kappa shape index (κ2) is 29.8. The van der Waals surface area contributed by atoms with Crippen molar-refractivity contribution in [2.24, 2.45) is 10.8 Å². The molecule has 2 fully saturated rings.